The van der Waals surface area contributed by atoms with Gasteiger partial charge < -0.3 is 10.0 Å². The van der Waals surface area contributed by atoms with Gasteiger partial charge in [-0.1, -0.05) is 32.0 Å². The van der Waals surface area contributed by atoms with Gasteiger partial charge in [0.25, 0.3) is 5.91 Å². The minimum absolute atomic E-state index is 0.0301. The zero-order valence-electron chi connectivity index (χ0n) is 12.8. The fourth-order valence-electron chi connectivity index (χ4n) is 3.06. The highest BCUT2D eigenvalue weighted by atomic mass is 16.4. The standard InChI is InChI=1S/C17H23NO3/c1-3-13-7-5-6-8-14(13)15(19)18-11-9-17(4-2,10-12-18)16(20)21/h5-8H,3-4,9-12H2,1-2H3,(H,20,21). The summed E-state index contributed by atoms with van der Waals surface area (Å²) >= 11 is 0. The van der Waals surface area contributed by atoms with Crippen LogP contribution < -0.4 is 0 Å². The van der Waals surface area contributed by atoms with E-state index >= 15 is 0 Å². The van der Waals surface area contributed by atoms with E-state index in [9.17, 15) is 14.7 Å². The van der Waals surface area contributed by atoms with Gasteiger partial charge in [-0.3, -0.25) is 9.59 Å². The SMILES string of the molecule is CCc1ccccc1C(=O)N1CCC(CC)(C(=O)O)CC1. The van der Waals surface area contributed by atoms with Gasteiger partial charge in [0.2, 0.25) is 0 Å². The molecule has 0 aliphatic carbocycles. The molecule has 1 aromatic rings. The van der Waals surface area contributed by atoms with E-state index in [4.69, 9.17) is 0 Å². The first-order chi connectivity index (χ1) is 10.0. The maximum atomic E-state index is 12.6. The van der Waals surface area contributed by atoms with Crippen LogP contribution in [0.1, 0.15) is 49.0 Å². The van der Waals surface area contributed by atoms with Crippen molar-refractivity contribution in [3.8, 4) is 0 Å². The minimum Gasteiger partial charge on any atom is -0.481 e. The molecule has 4 heteroatoms. The molecule has 1 aliphatic rings. The molecular formula is C17H23NO3. The molecule has 4 nitrogen and oxygen atoms in total. The Morgan fingerprint density at radius 2 is 1.81 bits per heavy atom. The maximum absolute atomic E-state index is 12.6. The van der Waals surface area contributed by atoms with Gasteiger partial charge in [0.15, 0.2) is 0 Å². The molecule has 0 spiro atoms. The monoisotopic (exact) mass is 289 g/mol. The van der Waals surface area contributed by atoms with Gasteiger partial charge in [-0.2, -0.15) is 0 Å². The van der Waals surface area contributed by atoms with Crippen LogP contribution in [0.15, 0.2) is 24.3 Å². The van der Waals surface area contributed by atoms with E-state index in [0.29, 0.717) is 32.4 Å². The van der Waals surface area contributed by atoms with Crippen LogP contribution in [0.5, 0.6) is 0 Å². The van der Waals surface area contributed by atoms with Crippen LogP contribution in [0.3, 0.4) is 0 Å². The van der Waals surface area contributed by atoms with Crippen LogP contribution in [-0.2, 0) is 11.2 Å². The van der Waals surface area contributed by atoms with Gasteiger partial charge in [-0.05, 0) is 37.3 Å². The van der Waals surface area contributed by atoms with Crippen molar-refractivity contribution < 1.29 is 14.7 Å². The largest absolute Gasteiger partial charge is 0.481 e. The van der Waals surface area contributed by atoms with Gasteiger partial charge in [0.1, 0.15) is 0 Å². The fraction of sp³-hybridized carbons (Fsp3) is 0.529. The Morgan fingerprint density at radius 1 is 1.19 bits per heavy atom. The molecule has 0 unspecified atom stereocenters. The summed E-state index contributed by atoms with van der Waals surface area (Å²) < 4.78 is 0. The predicted molar refractivity (Wildman–Crippen MR) is 81.3 cm³/mol. The summed E-state index contributed by atoms with van der Waals surface area (Å²) in [4.78, 5) is 25.9. The third kappa shape index (κ3) is 2.94. The molecule has 1 heterocycles. The molecule has 1 N–H and O–H groups in total. The Bertz CT molecular complexity index is 531. The number of carbonyl (C=O) groups excluding carboxylic acids is 1. The number of nitrogens with zero attached hydrogens (tertiary/aromatic N) is 1. The van der Waals surface area contributed by atoms with Crippen molar-refractivity contribution in [1.82, 2.24) is 4.90 Å². The number of piperidine rings is 1. The van der Waals surface area contributed by atoms with Crippen molar-refractivity contribution in [3.05, 3.63) is 35.4 Å². The fourth-order valence-corrected chi connectivity index (χ4v) is 3.06. The first-order valence-electron chi connectivity index (χ1n) is 7.64. The molecular weight excluding hydrogens is 266 g/mol. The van der Waals surface area contributed by atoms with E-state index in [2.05, 4.69) is 0 Å². The molecule has 0 aromatic heterocycles. The summed E-state index contributed by atoms with van der Waals surface area (Å²) in [5.41, 5.74) is 1.15. The number of amides is 1. The molecule has 1 aliphatic heterocycles. The van der Waals surface area contributed by atoms with Crippen LogP contribution >= 0.6 is 0 Å². The molecule has 0 saturated carbocycles. The third-order valence-corrected chi connectivity index (χ3v) is 4.77. The Balaban J connectivity index is 2.12. The number of hydrogen-bond acceptors (Lipinski definition) is 2. The number of carboxylic acids is 1. The first-order valence-corrected chi connectivity index (χ1v) is 7.64. The molecule has 1 saturated heterocycles. The number of rotatable bonds is 4. The lowest BCUT2D eigenvalue weighted by molar-refractivity contribution is -0.152. The molecule has 114 valence electrons. The molecule has 1 amide bonds. The second-order valence-corrected chi connectivity index (χ2v) is 5.74. The lowest BCUT2D eigenvalue weighted by Gasteiger charge is -2.38. The number of aliphatic carboxylic acids is 1. The van der Waals surface area contributed by atoms with Crippen molar-refractivity contribution in [2.24, 2.45) is 5.41 Å². The van der Waals surface area contributed by atoms with Crippen LogP contribution in [-0.4, -0.2) is 35.0 Å². The Kier molecular flexibility index (Phi) is 4.66. The average Bonchev–Trinajstić information content (AvgIpc) is 2.54. The molecule has 21 heavy (non-hydrogen) atoms. The van der Waals surface area contributed by atoms with Crippen molar-refractivity contribution >= 4 is 11.9 Å². The van der Waals surface area contributed by atoms with Gasteiger partial charge in [0, 0.05) is 18.7 Å². The second-order valence-electron chi connectivity index (χ2n) is 5.74. The number of likely N-dealkylation sites (tertiary alicyclic amines) is 1. The number of aryl methyl sites for hydroxylation is 1. The second kappa shape index (κ2) is 6.29. The highest BCUT2D eigenvalue weighted by Gasteiger charge is 2.40. The predicted octanol–water partition coefficient (Wildman–Crippen LogP) is 2.97. The third-order valence-electron chi connectivity index (χ3n) is 4.77. The van der Waals surface area contributed by atoms with E-state index in [1.807, 2.05) is 38.1 Å². The van der Waals surface area contributed by atoms with Gasteiger partial charge in [-0.25, -0.2) is 0 Å². The Morgan fingerprint density at radius 3 is 2.33 bits per heavy atom. The molecule has 1 aromatic carbocycles. The van der Waals surface area contributed by atoms with Crippen molar-refractivity contribution in [1.29, 1.82) is 0 Å². The maximum Gasteiger partial charge on any atom is 0.309 e. The topological polar surface area (TPSA) is 57.6 Å². The molecule has 0 radical (unpaired) electrons. The summed E-state index contributed by atoms with van der Waals surface area (Å²) in [5.74, 6) is -0.700. The van der Waals surface area contributed by atoms with Crippen LogP contribution in [0.25, 0.3) is 0 Å². The number of carbonyl (C=O) groups is 2. The summed E-state index contributed by atoms with van der Waals surface area (Å²) in [5, 5.41) is 9.41. The van der Waals surface area contributed by atoms with Crippen LogP contribution in [0.4, 0.5) is 0 Å². The normalized spacial score (nSPS) is 17.5. The van der Waals surface area contributed by atoms with Crippen LogP contribution in [0, 0.1) is 5.41 Å². The highest BCUT2D eigenvalue weighted by Crippen LogP contribution is 2.35. The number of benzene rings is 1. The zero-order valence-corrected chi connectivity index (χ0v) is 12.8. The first kappa shape index (κ1) is 15.5. The molecule has 0 atom stereocenters. The average molecular weight is 289 g/mol. The quantitative estimate of drug-likeness (QED) is 0.927. The van der Waals surface area contributed by atoms with Crippen molar-refractivity contribution in [2.75, 3.05) is 13.1 Å². The summed E-state index contributed by atoms with van der Waals surface area (Å²) in [6.07, 6.45) is 2.53. The van der Waals surface area contributed by atoms with E-state index in [1.165, 1.54) is 0 Å². The number of carboxylic acid groups (broad SMARTS) is 1. The van der Waals surface area contributed by atoms with Gasteiger partial charge in [0.05, 0.1) is 5.41 Å². The smallest absolute Gasteiger partial charge is 0.309 e. The Labute approximate surface area is 125 Å². The van der Waals surface area contributed by atoms with E-state index in [0.717, 1.165) is 17.5 Å². The van der Waals surface area contributed by atoms with Crippen molar-refractivity contribution in [2.45, 2.75) is 39.5 Å². The van der Waals surface area contributed by atoms with E-state index < -0.39 is 11.4 Å². The summed E-state index contributed by atoms with van der Waals surface area (Å²) in [6, 6.07) is 7.66. The lowest BCUT2D eigenvalue weighted by atomic mass is 9.76. The van der Waals surface area contributed by atoms with Gasteiger partial charge >= 0.3 is 5.97 Å². The molecule has 1 fully saturated rings. The summed E-state index contributed by atoms with van der Waals surface area (Å²) in [7, 11) is 0. The van der Waals surface area contributed by atoms with E-state index in [-0.39, 0.29) is 5.91 Å². The minimum atomic E-state index is -0.731. The van der Waals surface area contributed by atoms with Crippen molar-refractivity contribution in [3.63, 3.8) is 0 Å². The highest BCUT2D eigenvalue weighted by molar-refractivity contribution is 5.96. The molecule has 2 rings (SSSR count). The molecule has 0 bridgehead atoms. The number of hydrogen-bond donors (Lipinski definition) is 1. The summed E-state index contributed by atoms with van der Waals surface area (Å²) in [6.45, 7) is 5.00. The Hall–Kier alpha value is -1.84. The van der Waals surface area contributed by atoms with E-state index in [1.54, 1.807) is 4.90 Å². The van der Waals surface area contributed by atoms with Gasteiger partial charge in [-0.15, -0.1) is 0 Å². The van der Waals surface area contributed by atoms with Crippen LogP contribution in [0.2, 0.25) is 0 Å². The zero-order chi connectivity index (χ0) is 15.5. The lowest BCUT2D eigenvalue weighted by Crippen LogP contribution is -2.46.